The van der Waals surface area contributed by atoms with Crippen molar-refractivity contribution in [2.45, 2.75) is 19.5 Å². The van der Waals surface area contributed by atoms with Gasteiger partial charge in [0.1, 0.15) is 5.75 Å². The van der Waals surface area contributed by atoms with Crippen molar-refractivity contribution in [2.75, 3.05) is 19.0 Å². The van der Waals surface area contributed by atoms with E-state index in [2.05, 4.69) is 10.6 Å². The molecule has 1 aromatic carbocycles. The number of amides is 3. The molecule has 2 aromatic rings. The van der Waals surface area contributed by atoms with Gasteiger partial charge in [0.25, 0.3) is 5.91 Å². The summed E-state index contributed by atoms with van der Waals surface area (Å²) in [6, 6.07) is 7.20. The lowest BCUT2D eigenvalue weighted by Crippen LogP contribution is -2.38. The first kappa shape index (κ1) is 16.3. The van der Waals surface area contributed by atoms with E-state index in [1.54, 1.807) is 23.3 Å². The zero-order valence-corrected chi connectivity index (χ0v) is 14.4. The van der Waals surface area contributed by atoms with Gasteiger partial charge in [-0.15, -0.1) is 0 Å². The van der Waals surface area contributed by atoms with Gasteiger partial charge in [0.15, 0.2) is 6.61 Å². The molecule has 1 aliphatic heterocycles. The maximum absolute atomic E-state index is 12.3. The highest BCUT2D eigenvalue weighted by molar-refractivity contribution is 7.07. The van der Waals surface area contributed by atoms with Crippen molar-refractivity contribution in [3.63, 3.8) is 0 Å². The average molecular weight is 345 g/mol. The number of rotatable bonds is 4. The van der Waals surface area contributed by atoms with Crippen LogP contribution in [-0.4, -0.2) is 30.5 Å². The first-order chi connectivity index (χ1) is 11.5. The van der Waals surface area contributed by atoms with E-state index < -0.39 is 0 Å². The quantitative estimate of drug-likeness (QED) is 0.895. The third-order valence-corrected chi connectivity index (χ3v) is 4.56. The zero-order valence-electron chi connectivity index (χ0n) is 13.5. The number of hydrogen-bond acceptors (Lipinski definition) is 4. The molecule has 0 spiro atoms. The lowest BCUT2D eigenvalue weighted by atomic mass is 10.1. The molecule has 0 saturated heterocycles. The highest BCUT2D eigenvalue weighted by atomic mass is 32.1. The molecular weight excluding hydrogens is 326 g/mol. The van der Waals surface area contributed by atoms with Crippen LogP contribution in [0, 0.1) is 0 Å². The van der Waals surface area contributed by atoms with Gasteiger partial charge in [-0.1, -0.05) is 6.07 Å². The fraction of sp³-hybridized carbons (Fsp3) is 0.294. The molecular formula is C17H19N3O3S. The molecule has 24 heavy (non-hydrogen) atoms. The molecule has 3 rings (SSSR count). The van der Waals surface area contributed by atoms with Gasteiger partial charge in [0.05, 0.1) is 11.7 Å². The van der Waals surface area contributed by atoms with Crippen molar-refractivity contribution >= 4 is 29.0 Å². The third-order valence-electron chi connectivity index (χ3n) is 3.82. The number of urea groups is 1. The minimum atomic E-state index is -0.188. The van der Waals surface area contributed by atoms with Crippen molar-refractivity contribution < 1.29 is 14.3 Å². The standard InChI is InChI=1S/C17H19N3O3S/c1-11(18-17(22)20(2)8-12-5-6-24-10-12)13-3-4-15-14(7-13)19-16(21)9-23-15/h3-7,10-11H,8-9H2,1-2H3,(H,18,22)(H,19,21)/t11-/m1/s1. The average Bonchev–Trinajstić information content (AvgIpc) is 3.06. The molecule has 1 atom stereocenters. The van der Waals surface area contributed by atoms with E-state index >= 15 is 0 Å². The fourth-order valence-electron chi connectivity index (χ4n) is 2.48. The Morgan fingerprint density at radius 3 is 3.04 bits per heavy atom. The largest absolute Gasteiger partial charge is 0.482 e. The highest BCUT2D eigenvalue weighted by Gasteiger charge is 2.19. The summed E-state index contributed by atoms with van der Waals surface area (Å²) >= 11 is 1.61. The molecule has 1 aromatic heterocycles. The number of fused-ring (bicyclic) bond motifs is 1. The van der Waals surface area contributed by atoms with Gasteiger partial charge in [-0.25, -0.2) is 4.79 Å². The SMILES string of the molecule is C[C@@H](NC(=O)N(C)Cc1ccsc1)c1ccc2c(c1)NC(=O)CO2. The smallest absolute Gasteiger partial charge is 0.317 e. The highest BCUT2D eigenvalue weighted by Crippen LogP contribution is 2.30. The molecule has 2 N–H and O–H groups in total. The van der Waals surface area contributed by atoms with Gasteiger partial charge >= 0.3 is 6.03 Å². The van der Waals surface area contributed by atoms with Crippen LogP contribution in [-0.2, 0) is 11.3 Å². The predicted octanol–water partition coefficient (Wildman–Crippen LogP) is 2.98. The van der Waals surface area contributed by atoms with E-state index in [0.29, 0.717) is 18.0 Å². The topological polar surface area (TPSA) is 70.7 Å². The molecule has 0 radical (unpaired) electrons. The number of carbonyl (C=O) groups excluding carboxylic acids is 2. The molecule has 6 nitrogen and oxygen atoms in total. The lowest BCUT2D eigenvalue weighted by molar-refractivity contribution is -0.118. The van der Waals surface area contributed by atoms with E-state index in [9.17, 15) is 9.59 Å². The monoisotopic (exact) mass is 345 g/mol. The van der Waals surface area contributed by atoms with Crippen LogP contribution in [0.1, 0.15) is 24.1 Å². The Labute approximate surface area is 144 Å². The van der Waals surface area contributed by atoms with E-state index in [4.69, 9.17) is 4.74 Å². The Hall–Kier alpha value is -2.54. The van der Waals surface area contributed by atoms with Crippen molar-refractivity contribution in [3.05, 3.63) is 46.2 Å². The van der Waals surface area contributed by atoms with Crippen LogP contribution in [0.3, 0.4) is 0 Å². The van der Waals surface area contributed by atoms with Crippen LogP contribution in [0.25, 0.3) is 0 Å². The summed E-state index contributed by atoms with van der Waals surface area (Å²) < 4.78 is 5.34. The fourth-order valence-corrected chi connectivity index (χ4v) is 3.14. The molecule has 3 amide bonds. The number of nitrogens with zero attached hydrogens (tertiary/aromatic N) is 1. The Kier molecular flexibility index (Phi) is 4.71. The van der Waals surface area contributed by atoms with E-state index in [1.165, 1.54) is 0 Å². The van der Waals surface area contributed by atoms with Crippen molar-refractivity contribution in [1.82, 2.24) is 10.2 Å². The van der Waals surface area contributed by atoms with Crippen molar-refractivity contribution in [3.8, 4) is 5.75 Å². The Balaban J connectivity index is 1.64. The molecule has 0 fully saturated rings. The van der Waals surface area contributed by atoms with E-state index in [-0.39, 0.29) is 24.6 Å². The Morgan fingerprint density at radius 1 is 1.46 bits per heavy atom. The summed E-state index contributed by atoms with van der Waals surface area (Å²) in [7, 11) is 1.76. The van der Waals surface area contributed by atoms with Crippen LogP contribution in [0.15, 0.2) is 35.0 Å². The number of anilines is 1. The molecule has 0 bridgehead atoms. The van der Waals surface area contributed by atoms with Gasteiger partial charge < -0.3 is 20.3 Å². The summed E-state index contributed by atoms with van der Waals surface area (Å²) in [6.07, 6.45) is 0. The maximum atomic E-state index is 12.3. The third kappa shape index (κ3) is 3.68. The van der Waals surface area contributed by atoms with Gasteiger partial charge in [-0.3, -0.25) is 4.79 Å². The molecule has 2 heterocycles. The first-order valence-corrected chi connectivity index (χ1v) is 8.56. The molecule has 0 aliphatic carbocycles. The van der Waals surface area contributed by atoms with Crippen LogP contribution in [0.5, 0.6) is 5.75 Å². The summed E-state index contributed by atoms with van der Waals surface area (Å²) in [5, 5.41) is 9.76. The molecule has 0 unspecified atom stereocenters. The number of carbonyl (C=O) groups is 2. The number of thiophene rings is 1. The Bertz CT molecular complexity index is 746. The van der Waals surface area contributed by atoms with Crippen LogP contribution in [0.4, 0.5) is 10.5 Å². The van der Waals surface area contributed by atoms with Crippen molar-refractivity contribution in [2.24, 2.45) is 0 Å². The number of ether oxygens (including phenoxy) is 1. The van der Waals surface area contributed by atoms with Gasteiger partial charge in [-0.2, -0.15) is 11.3 Å². The minimum Gasteiger partial charge on any atom is -0.482 e. The second kappa shape index (κ2) is 6.92. The predicted molar refractivity (Wildman–Crippen MR) is 93.3 cm³/mol. The van der Waals surface area contributed by atoms with Gasteiger partial charge in [0, 0.05) is 13.6 Å². The van der Waals surface area contributed by atoms with Crippen molar-refractivity contribution in [1.29, 1.82) is 0 Å². The van der Waals surface area contributed by atoms with Gasteiger partial charge in [0.2, 0.25) is 0 Å². The number of nitrogens with one attached hydrogen (secondary N) is 2. The minimum absolute atomic E-state index is 0.0337. The summed E-state index contributed by atoms with van der Waals surface area (Å²) in [4.78, 5) is 25.4. The number of hydrogen-bond donors (Lipinski definition) is 2. The molecule has 1 aliphatic rings. The van der Waals surface area contributed by atoms with Crippen LogP contribution < -0.4 is 15.4 Å². The molecule has 0 saturated carbocycles. The Morgan fingerprint density at radius 2 is 2.29 bits per heavy atom. The van der Waals surface area contributed by atoms with E-state index in [1.807, 2.05) is 41.9 Å². The lowest BCUT2D eigenvalue weighted by Gasteiger charge is -2.23. The van der Waals surface area contributed by atoms with Gasteiger partial charge in [-0.05, 0) is 47.0 Å². The van der Waals surface area contributed by atoms with Crippen LogP contribution in [0.2, 0.25) is 0 Å². The summed E-state index contributed by atoms with van der Waals surface area (Å²) in [5.74, 6) is 0.471. The maximum Gasteiger partial charge on any atom is 0.317 e. The first-order valence-electron chi connectivity index (χ1n) is 7.62. The molecule has 7 heteroatoms. The van der Waals surface area contributed by atoms with Crippen LogP contribution >= 0.6 is 11.3 Å². The second-order valence-corrected chi connectivity index (χ2v) is 6.53. The zero-order chi connectivity index (χ0) is 17.1. The summed E-state index contributed by atoms with van der Waals surface area (Å²) in [5.41, 5.74) is 2.65. The number of benzene rings is 1. The normalized spacial score (nSPS) is 14.2. The summed E-state index contributed by atoms with van der Waals surface area (Å²) in [6.45, 7) is 2.51. The molecule has 126 valence electrons. The second-order valence-electron chi connectivity index (χ2n) is 5.75. The van der Waals surface area contributed by atoms with E-state index in [0.717, 1.165) is 11.1 Å².